The van der Waals surface area contributed by atoms with Gasteiger partial charge in [0.1, 0.15) is 44.1 Å². The molecule has 288 valence electrons. The van der Waals surface area contributed by atoms with E-state index >= 15 is 0 Å². The fraction of sp³-hybridized carbons (Fsp3) is 0.243. The van der Waals surface area contributed by atoms with Gasteiger partial charge < -0.3 is 19.4 Å². The lowest BCUT2D eigenvalue weighted by Crippen LogP contribution is -2.35. The van der Waals surface area contributed by atoms with Gasteiger partial charge in [-0.3, -0.25) is 0 Å². The van der Waals surface area contributed by atoms with Crippen LogP contribution in [0, 0.1) is 17.8 Å². The predicted octanol–water partition coefficient (Wildman–Crippen LogP) is 2.41. The molecule has 8 aromatic rings. The standard InChI is InChI=1S/C37H32N12O8/c1-23(20-35(51)55-47-31-15-7-3-11-27(31)39-43-47)25(22-37(53)57-49-33-17-9-5-13-29(33)41-45-49)24(21-36(52)56-48-32-16-8-4-12-28(32)40-44-48)18-19-34(50)54-46-30-14-6-2-10-26(30)38-42-46/h2-17,23-25H,18-22H2,1H3. The smallest absolute Gasteiger partial charge is 0.317 e. The largest absolute Gasteiger partial charge is 0.335 e. The van der Waals surface area contributed by atoms with E-state index in [4.69, 9.17) is 19.4 Å². The highest BCUT2D eigenvalue weighted by Crippen LogP contribution is 2.34. The second-order valence-corrected chi connectivity index (χ2v) is 13.2. The zero-order chi connectivity index (χ0) is 39.3. The van der Waals surface area contributed by atoms with Gasteiger partial charge in [-0.05, 0) is 93.6 Å². The molecule has 3 unspecified atom stereocenters. The first-order valence-electron chi connectivity index (χ1n) is 17.9. The van der Waals surface area contributed by atoms with Crippen LogP contribution < -0.4 is 19.4 Å². The molecule has 20 heteroatoms. The third-order valence-corrected chi connectivity index (χ3v) is 9.41. The Balaban J connectivity index is 1.06. The van der Waals surface area contributed by atoms with Gasteiger partial charge in [-0.1, -0.05) is 74.8 Å². The molecule has 0 bridgehead atoms. The maximum absolute atomic E-state index is 13.7. The minimum Gasteiger partial charge on any atom is -0.317 e. The van der Waals surface area contributed by atoms with E-state index in [0.717, 1.165) is 19.4 Å². The Kier molecular flexibility index (Phi) is 10.2. The van der Waals surface area contributed by atoms with E-state index in [2.05, 4.69) is 41.2 Å². The number of aromatic nitrogens is 12. The minimum atomic E-state index is -0.785. The fourth-order valence-electron chi connectivity index (χ4n) is 6.63. The first kappa shape index (κ1) is 36.3. The average Bonchev–Trinajstić information content (AvgIpc) is 4.02. The number of benzene rings is 4. The maximum atomic E-state index is 13.7. The normalized spacial score (nSPS) is 13.1. The highest BCUT2D eigenvalue weighted by atomic mass is 16.7. The molecule has 0 fully saturated rings. The summed E-state index contributed by atoms with van der Waals surface area (Å²) in [7, 11) is 0. The molecule has 20 nitrogen and oxygen atoms in total. The number of hydrogen-bond donors (Lipinski definition) is 0. The second kappa shape index (κ2) is 16.0. The molecule has 0 aliphatic rings. The summed E-state index contributed by atoms with van der Waals surface area (Å²) in [5.74, 6) is -5.06. The number of carbonyl (C=O) groups is 4. The summed E-state index contributed by atoms with van der Waals surface area (Å²) in [6.45, 7) is 1.73. The summed E-state index contributed by atoms with van der Waals surface area (Å²) in [5.41, 5.74) is 3.87. The molecule has 3 atom stereocenters. The summed E-state index contributed by atoms with van der Waals surface area (Å²) in [4.78, 5) is 80.5. The second-order valence-electron chi connectivity index (χ2n) is 13.2. The van der Waals surface area contributed by atoms with Crippen LogP contribution in [-0.4, -0.2) is 84.5 Å². The highest BCUT2D eigenvalue weighted by Gasteiger charge is 2.35. The number of rotatable bonds is 15. The van der Waals surface area contributed by atoms with Crippen LogP contribution >= 0.6 is 0 Å². The Morgan fingerprint density at radius 2 is 0.807 bits per heavy atom. The van der Waals surface area contributed by atoms with Crippen LogP contribution in [-0.2, 0) is 19.2 Å². The molecule has 0 saturated heterocycles. The monoisotopic (exact) mass is 772 g/mol. The third-order valence-electron chi connectivity index (χ3n) is 9.41. The van der Waals surface area contributed by atoms with E-state index in [9.17, 15) is 19.2 Å². The molecule has 57 heavy (non-hydrogen) atoms. The van der Waals surface area contributed by atoms with E-state index in [0.29, 0.717) is 44.1 Å². The topological polar surface area (TPSA) is 228 Å². The first-order valence-corrected chi connectivity index (χ1v) is 17.9. The van der Waals surface area contributed by atoms with Crippen molar-refractivity contribution in [3.05, 3.63) is 97.1 Å². The van der Waals surface area contributed by atoms with Crippen LogP contribution in [0.25, 0.3) is 44.1 Å². The van der Waals surface area contributed by atoms with Gasteiger partial charge >= 0.3 is 23.9 Å². The number of fused-ring (bicyclic) bond motifs is 4. The van der Waals surface area contributed by atoms with Gasteiger partial charge in [0.25, 0.3) is 0 Å². The van der Waals surface area contributed by atoms with Crippen molar-refractivity contribution in [2.24, 2.45) is 17.8 Å². The van der Waals surface area contributed by atoms with Gasteiger partial charge in [-0.15, -0.1) is 20.4 Å². The van der Waals surface area contributed by atoms with Crippen LogP contribution in [0.4, 0.5) is 0 Å². The summed E-state index contributed by atoms with van der Waals surface area (Å²) in [6, 6.07) is 27.7. The van der Waals surface area contributed by atoms with Crippen molar-refractivity contribution >= 4 is 68.0 Å². The van der Waals surface area contributed by atoms with Gasteiger partial charge in [0.15, 0.2) is 0 Å². The Bertz CT molecular complexity index is 2740. The molecule has 0 aliphatic heterocycles. The number of nitrogens with zero attached hydrogens (tertiary/aromatic N) is 12. The van der Waals surface area contributed by atoms with Crippen LogP contribution in [0.3, 0.4) is 0 Å². The molecule has 0 amide bonds. The molecule has 4 heterocycles. The molecular formula is C37H32N12O8. The van der Waals surface area contributed by atoms with Gasteiger partial charge in [0, 0.05) is 6.42 Å². The Hall–Kier alpha value is -7.64. The van der Waals surface area contributed by atoms with Crippen LogP contribution in [0.1, 0.15) is 39.0 Å². The van der Waals surface area contributed by atoms with Crippen molar-refractivity contribution < 1.29 is 38.5 Å². The lowest BCUT2D eigenvalue weighted by Gasteiger charge is -2.30. The summed E-state index contributed by atoms with van der Waals surface area (Å²) >= 11 is 0. The first-order chi connectivity index (χ1) is 27.8. The van der Waals surface area contributed by atoms with Crippen molar-refractivity contribution in [2.45, 2.75) is 39.0 Å². The van der Waals surface area contributed by atoms with Gasteiger partial charge in [0.2, 0.25) is 0 Å². The number of carbonyl (C=O) groups excluding carboxylic acids is 4. The quantitative estimate of drug-likeness (QED) is 0.136. The Labute approximate surface area is 320 Å². The number of para-hydroxylation sites is 4. The molecule has 0 spiro atoms. The van der Waals surface area contributed by atoms with Gasteiger partial charge in [-0.2, -0.15) is 0 Å². The van der Waals surface area contributed by atoms with Crippen LogP contribution in [0.2, 0.25) is 0 Å². The van der Waals surface area contributed by atoms with Crippen molar-refractivity contribution in [1.29, 1.82) is 0 Å². The van der Waals surface area contributed by atoms with Crippen LogP contribution in [0.15, 0.2) is 97.1 Å². The van der Waals surface area contributed by atoms with Crippen molar-refractivity contribution in [2.75, 3.05) is 0 Å². The van der Waals surface area contributed by atoms with E-state index in [-0.39, 0.29) is 32.1 Å². The zero-order valence-electron chi connectivity index (χ0n) is 30.1. The number of hydrogen-bond acceptors (Lipinski definition) is 16. The van der Waals surface area contributed by atoms with E-state index < -0.39 is 41.6 Å². The molecule has 4 aromatic carbocycles. The average molecular weight is 773 g/mol. The lowest BCUT2D eigenvalue weighted by atomic mass is 9.75. The molecule has 4 aromatic heterocycles. The lowest BCUT2D eigenvalue weighted by molar-refractivity contribution is -0.153. The summed E-state index contributed by atoms with van der Waals surface area (Å²) in [5, 5.41) is 31.8. The molecule has 0 radical (unpaired) electrons. The van der Waals surface area contributed by atoms with Crippen molar-refractivity contribution in [3.63, 3.8) is 0 Å². The fourth-order valence-corrected chi connectivity index (χ4v) is 6.63. The molecule has 0 N–H and O–H groups in total. The van der Waals surface area contributed by atoms with Gasteiger partial charge in [0.05, 0.1) is 19.3 Å². The maximum Gasteiger partial charge on any atom is 0.335 e. The van der Waals surface area contributed by atoms with Gasteiger partial charge in [-0.25, -0.2) is 19.2 Å². The van der Waals surface area contributed by atoms with Crippen molar-refractivity contribution in [1.82, 2.24) is 60.6 Å². The summed E-state index contributed by atoms with van der Waals surface area (Å²) < 4.78 is 0. The van der Waals surface area contributed by atoms with E-state index in [1.54, 1.807) is 104 Å². The van der Waals surface area contributed by atoms with E-state index in [1.165, 1.54) is 0 Å². The highest BCUT2D eigenvalue weighted by molar-refractivity contribution is 5.79. The summed E-state index contributed by atoms with van der Waals surface area (Å²) in [6.07, 6.45) is -1.07. The van der Waals surface area contributed by atoms with E-state index in [1.807, 2.05) is 0 Å². The minimum absolute atomic E-state index is 0.00989. The Morgan fingerprint density at radius 1 is 0.474 bits per heavy atom. The zero-order valence-corrected chi connectivity index (χ0v) is 30.1. The van der Waals surface area contributed by atoms with Crippen molar-refractivity contribution in [3.8, 4) is 0 Å². The molecule has 8 rings (SSSR count). The molecule has 0 saturated carbocycles. The van der Waals surface area contributed by atoms with Crippen LogP contribution in [0.5, 0.6) is 0 Å². The third kappa shape index (κ3) is 8.09. The molecular weight excluding hydrogens is 740 g/mol. The molecule has 0 aliphatic carbocycles. The Morgan fingerprint density at radius 3 is 1.21 bits per heavy atom. The predicted molar refractivity (Wildman–Crippen MR) is 196 cm³/mol. The SMILES string of the molecule is CC(CC(=O)On1nnc2ccccc21)C(CC(=O)On1nnc2ccccc21)C(CCC(=O)On1nnc2ccccc21)CC(=O)On1nnc2ccccc21.